The highest BCUT2D eigenvalue weighted by Crippen LogP contribution is 2.24. The summed E-state index contributed by atoms with van der Waals surface area (Å²) in [6, 6.07) is 5.94. The molecule has 0 bridgehead atoms. The number of aliphatic imine (C=N–C) groups is 1. The van der Waals surface area contributed by atoms with Crippen molar-refractivity contribution in [1.29, 1.82) is 0 Å². The van der Waals surface area contributed by atoms with E-state index in [0.717, 1.165) is 10.2 Å². The second-order valence-corrected chi connectivity index (χ2v) is 5.31. The molecule has 4 heteroatoms. The van der Waals surface area contributed by atoms with E-state index in [1.54, 1.807) is 0 Å². The van der Waals surface area contributed by atoms with Gasteiger partial charge in [0.1, 0.15) is 5.84 Å². The maximum Gasteiger partial charge on any atom is 0.102 e. The van der Waals surface area contributed by atoms with Gasteiger partial charge in [0.05, 0.1) is 5.69 Å². The third kappa shape index (κ3) is 3.24. The first-order valence-corrected chi connectivity index (χ1v) is 6.17. The minimum Gasteiger partial charge on any atom is -0.387 e. The highest BCUT2D eigenvalue weighted by molar-refractivity contribution is 14.1. The van der Waals surface area contributed by atoms with E-state index in [4.69, 9.17) is 5.73 Å². The van der Waals surface area contributed by atoms with Crippen molar-refractivity contribution >= 4 is 50.0 Å². The van der Waals surface area contributed by atoms with Crippen molar-refractivity contribution in [3.8, 4) is 0 Å². The molecule has 0 saturated carbocycles. The molecule has 0 spiro atoms. The van der Waals surface area contributed by atoms with E-state index in [-0.39, 0.29) is 5.92 Å². The predicted octanol–water partition coefficient (Wildman–Crippen LogP) is 3.70. The molecule has 0 heterocycles. The molecular weight excluding hydrogens is 355 g/mol. The van der Waals surface area contributed by atoms with Crippen LogP contribution in [0.2, 0.25) is 0 Å². The Morgan fingerprint density at radius 2 is 2.14 bits per heavy atom. The second kappa shape index (κ2) is 5.11. The van der Waals surface area contributed by atoms with Crippen molar-refractivity contribution < 1.29 is 0 Å². The summed E-state index contributed by atoms with van der Waals surface area (Å²) in [7, 11) is 0. The minimum atomic E-state index is 0.285. The van der Waals surface area contributed by atoms with Gasteiger partial charge in [-0.25, -0.2) is 4.99 Å². The molecule has 0 aliphatic carbocycles. The Labute approximate surface area is 106 Å². The number of halogens is 2. The van der Waals surface area contributed by atoms with E-state index in [0.29, 0.717) is 5.84 Å². The number of hydrogen-bond acceptors (Lipinski definition) is 1. The Morgan fingerprint density at radius 1 is 1.50 bits per heavy atom. The zero-order valence-electron chi connectivity index (χ0n) is 8.09. The fourth-order valence-electron chi connectivity index (χ4n) is 0.833. The molecule has 0 aromatic heterocycles. The van der Waals surface area contributed by atoms with Gasteiger partial charge in [0.2, 0.25) is 0 Å². The number of hydrogen-bond donors (Lipinski definition) is 1. The van der Waals surface area contributed by atoms with Crippen LogP contribution in [0.4, 0.5) is 5.69 Å². The maximum atomic E-state index is 5.77. The number of nitrogens with zero attached hydrogens (tertiary/aromatic N) is 1. The first-order chi connectivity index (χ1) is 6.50. The summed E-state index contributed by atoms with van der Waals surface area (Å²) in [4.78, 5) is 4.32. The van der Waals surface area contributed by atoms with Gasteiger partial charge >= 0.3 is 0 Å². The molecule has 76 valence electrons. The molecule has 0 fully saturated rings. The van der Waals surface area contributed by atoms with Gasteiger partial charge in [-0.2, -0.15) is 0 Å². The number of amidine groups is 1. The van der Waals surface area contributed by atoms with Gasteiger partial charge in [0.15, 0.2) is 0 Å². The van der Waals surface area contributed by atoms with Crippen LogP contribution in [-0.2, 0) is 0 Å². The molecule has 0 aliphatic rings. The van der Waals surface area contributed by atoms with Crippen LogP contribution in [0, 0.1) is 9.49 Å². The summed E-state index contributed by atoms with van der Waals surface area (Å²) < 4.78 is 2.22. The number of benzene rings is 1. The standard InChI is InChI=1S/C10H12BrIN2/c1-6(2)10(13)14-7-3-4-9(12)8(11)5-7/h3-6H,1-2H3,(H2,13,14). The second-order valence-electron chi connectivity index (χ2n) is 3.29. The zero-order valence-corrected chi connectivity index (χ0v) is 11.8. The molecule has 2 N–H and O–H groups in total. The quantitative estimate of drug-likeness (QED) is 0.483. The monoisotopic (exact) mass is 366 g/mol. The third-order valence-electron chi connectivity index (χ3n) is 1.75. The molecule has 0 atom stereocenters. The fraction of sp³-hybridized carbons (Fsp3) is 0.300. The SMILES string of the molecule is CC(C)C(N)=Nc1ccc(I)c(Br)c1. The molecule has 1 rings (SSSR count). The van der Waals surface area contributed by atoms with E-state index in [9.17, 15) is 0 Å². The van der Waals surface area contributed by atoms with Gasteiger partial charge in [0, 0.05) is 14.0 Å². The predicted molar refractivity (Wildman–Crippen MR) is 73.0 cm³/mol. The lowest BCUT2D eigenvalue weighted by Gasteiger charge is -2.04. The van der Waals surface area contributed by atoms with Crippen molar-refractivity contribution in [2.24, 2.45) is 16.6 Å². The summed E-state index contributed by atoms with van der Waals surface area (Å²) in [6.45, 7) is 4.06. The highest BCUT2D eigenvalue weighted by atomic mass is 127. The van der Waals surface area contributed by atoms with Crippen LogP contribution >= 0.6 is 38.5 Å². The summed E-state index contributed by atoms with van der Waals surface area (Å²) in [5, 5.41) is 0. The average Bonchev–Trinajstić information content (AvgIpc) is 2.11. The molecule has 1 aromatic carbocycles. The molecule has 0 unspecified atom stereocenters. The van der Waals surface area contributed by atoms with Crippen LogP contribution < -0.4 is 5.73 Å². The van der Waals surface area contributed by atoms with Crippen molar-refractivity contribution in [2.45, 2.75) is 13.8 Å². The lowest BCUT2D eigenvalue weighted by atomic mass is 10.2. The van der Waals surface area contributed by atoms with E-state index in [2.05, 4.69) is 43.5 Å². The summed E-state index contributed by atoms with van der Waals surface area (Å²) in [5.74, 6) is 0.950. The smallest absolute Gasteiger partial charge is 0.102 e. The third-order valence-corrected chi connectivity index (χ3v) is 4.09. The molecule has 0 radical (unpaired) electrons. The van der Waals surface area contributed by atoms with E-state index in [1.165, 1.54) is 3.57 Å². The zero-order chi connectivity index (χ0) is 10.7. The minimum absolute atomic E-state index is 0.285. The molecule has 0 aliphatic heterocycles. The summed E-state index contributed by atoms with van der Waals surface area (Å²) in [6.07, 6.45) is 0. The van der Waals surface area contributed by atoms with Crippen molar-refractivity contribution in [3.05, 3.63) is 26.2 Å². The average molecular weight is 367 g/mol. The van der Waals surface area contributed by atoms with Crippen LogP contribution in [0.3, 0.4) is 0 Å². The van der Waals surface area contributed by atoms with Gasteiger partial charge < -0.3 is 5.73 Å². The molecule has 0 saturated heterocycles. The summed E-state index contributed by atoms with van der Waals surface area (Å²) >= 11 is 5.72. The Bertz CT molecular complexity index is 361. The highest BCUT2D eigenvalue weighted by Gasteiger charge is 2.01. The van der Waals surface area contributed by atoms with E-state index >= 15 is 0 Å². The van der Waals surface area contributed by atoms with Gasteiger partial charge in [-0.05, 0) is 56.7 Å². The van der Waals surface area contributed by atoms with Crippen molar-refractivity contribution in [3.63, 3.8) is 0 Å². The first-order valence-electron chi connectivity index (χ1n) is 4.30. The van der Waals surface area contributed by atoms with E-state index < -0.39 is 0 Å². The Balaban J connectivity index is 2.98. The summed E-state index contributed by atoms with van der Waals surface area (Å²) in [5.41, 5.74) is 6.66. The Kier molecular flexibility index (Phi) is 4.37. The van der Waals surface area contributed by atoms with Gasteiger partial charge in [-0.3, -0.25) is 0 Å². The van der Waals surface area contributed by atoms with Crippen LogP contribution in [0.15, 0.2) is 27.7 Å². The number of nitrogens with two attached hydrogens (primary N) is 1. The van der Waals surface area contributed by atoms with Crippen molar-refractivity contribution in [1.82, 2.24) is 0 Å². The largest absolute Gasteiger partial charge is 0.387 e. The normalized spacial score (nSPS) is 12.2. The van der Waals surface area contributed by atoms with Crippen LogP contribution in [0.1, 0.15) is 13.8 Å². The Morgan fingerprint density at radius 3 is 2.64 bits per heavy atom. The van der Waals surface area contributed by atoms with Crippen LogP contribution in [0.25, 0.3) is 0 Å². The lowest BCUT2D eigenvalue weighted by molar-refractivity contribution is 0.873. The first kappa shape index (κ1) is 12.0. The van der Waals surface area contributed by atoms with Gasteiger partial charge in [-0.1, -0.05) is 13.8 Å². The molecular formula is C10H12BrIN2. The maximum absolute atomic E-state index is 5.77. The lowest BCUT2D eigenvalue weighted by Crippen LogP contribution is -2.17. The van der Waals surface area contributed by atoms with Crippen LogP contribution in [0.5, 0.6) is 0 Å². The van der Waals surface area contributed by atoms with Gasteiger partial charge in [0.25, 0.3) is 0 Å². The van der Waals surface area contributed by atoms with Gasteiger partial charge in [-0.15, -0.1) is 0 Å². The molecule has 2 nitrogen and oxygen atoms in total. The Hall–Kier alpha value is -0.100. The number of rotatable bonds is 2. The van der Waals surface area contributed by atoms with E-state index in [1.807, 2.05) is 32.0 Å². The molecule has 1 aromatic rings. The van der Waals surface area contributed by atoms with Crippen molar-refractivity contribution in [2.75, 3.05) is 0 Å². The molecule has 0 amide bonds. The fourth-order valence-corrected chi connectivity index (χ4v) is 1.53. The molecule has 14 heavy (non-hydrogen) atoms. The van der Waals surface area contributed by atoms with Crippen LogP contribution in [-0.4, -0.2) is 5.84 Å². The topological polar surface area (TPSA) is 38.4 Å².